The highest BCUT2D eigenvalue weighted by molar-refractivity contribution is 9.10. The number of amides is 2. The minimum Gasteiger partial charge on any atom is -0.298 e. The van der Waals surface area contributed by atoms with E-state index in [1.54, 1.807) is 18.2 Å². The van der Waals surface area contributed by atoms with Crippen molar-refractivity contribution in [2.75, 3.05) is 0 Å². The number of aryl methyl sites for hydroxylation is 3. The molecule has 0 atom stereocenters. The summed E-state index contributed by atoms with van der Waals surface area (Å²) in [5, 5.41) is 0.479. The maximum Gasteiger partial charge on any atom is 0.269 e. The van der Waals surface area contributed by atoms with Crippen LogP contribution in [0.3, 0.4) is 0 Å². The Labute approximate surface area is 175 Å². The molecule has 7 nitrogen and oxygen atoms in total. The van der Waals surface area contributed by atoms with E-state index in [-0.39, 0.29) is 30.3 Å². The summed E-state index contributed by atoms with van der Waals surface area (Å²) in [6.45, 7) is 0.162. The molecule has 29 heavy (non-hydrogen) atoms. The minimum atomic E-state index is -0.388. The SMILES string of the molecule is O=C(CCn1cnc2ccc(Br)cc2c1=O)NNC(=O)c1ccc2c(c1)CCC2. The molecular formula is C21H19BrN4O3. The highest BCUT2D eigenvalue weighted by atomic mass is 79.9. The van der Waals surface area contributed by atoms with E-state index in [1.807, 2.05) is 18.2 Å². The molecule has 1 aromatic heterocycles. The molecule has 8 heteroatoms. The summed E-state index contributed by atoms with van der Waals surface area (Å²) >= 11 is 3.34. The lowest BCUT2D eigenvalue weighted by Crippen LogP contribution is -2.42. The fraction of sp³-hybridized carbons (Fsp3) is 0.238. The monoisotopic (exact) mass is 454 g/mol. The maximum absolute atomic E-state index is 12.5. The first-order valence-corrected chi connectivity index (χ1v) is 10.2. The molecule has 4 rings (SSSR count). The highest BCUT2D eigenvalue weighted by Crippen LogP contribution is 2.22. The Kier molecular flexibility index (Phi) is 5.44. The third kappa shape index (κ3) is 4.22. The van der Waals surface area contributed by atoms with Crippen LogP contribution >= 0.6 is 15.9 Å². The zero-order valence-corrected chi connectivity index (χ0v) is 17.2. The second kappa shape index (κ2) is 8.16. The lowest BCUT2D eigenvalue weighted by atomic mass is 10.1. The number of fused-ring (bicyclic) bond motifs is 2. The first kappa shape index (κ1) is 19.3. The number of carbonyl (C=O) groups is 2. The van der Waals surface area contributed by atoms with Crippen LogP contribution in [0.15, 0.2) is 52.0 Å². The average molecular weight is 455 g/mol. The fourth-order valence-corrected chi connectivity index (χ4v) is 3.85. The maximum atomic E-state index is 12.5. The molecule has 1 aliphatic rings. The van der Waals surface area contributed by atoms with Gasteiger partial charge in [0, 0.05) is 23.0 Å². The number of carbonyl (C=O) groups excluding carboxylic acids is 2. The van der Waals surface area contributed by atoms with Gasteiger partial charge in [-0.1, -0.05) is 22.0 Å². The molecule has 3 aromatic rings. The van der Waals surface area contributed by atoms with Crippen molar-refractivity contribution in [2.45, 2.75) is 32.2 Å². The number of rotatable bonds is 4. The Morgan fingerprint density at radius 1 is 1.07 bits per heavy atom. The van der Waals surface area contributed by atoms with Crippen molar-refractivity contribution in [1.29, 1.82) is 0 Å². The number of aromatic nitrogens is 2. The quantitative estimate of drug-likeness (QED) is 0.592. The van der Waals surface area contributed by atoms with Crippen molar-refractivity contribution in [2.24, 2.45) is 0 Å². The average Bonchev–Trinajstić information content (AvgIpc) is 3.19. The zero-order chi connectivity index (χ0) is 20.4. The van der Waals surface area contributed by atoms with Crippen molar-refractivity contribution >= 4 is 38.6 Å². The van der Waals surface area contributed by atoms with Gasteiger partial charge in [0.1, 0.15) is 0 Å². The summed E-state index contributed by atoms with van der Waals surface area (Å²) in [4.78, 5) is 41.1. The molecule has 0 saturated carbocycles. The van der Waals surface area contributed by atoms with E-state index in [0.717, 1.165) is 23.7 Å². The second-order valence-electron chi connectivity index (χ2n) is 6.99. The van der Waals surface area contributed by atoms with Gasteiger partial charge in [-0.3, -0.25) is 29.8 Å². The van der Waals surface area contributed by atoms with Crippen LogP contribution in [-0.2, 0) is 24.2 Å². The molecule has 2 aromatic carbocycles. The normalized spacial score (nSPS) is 12.6. The van der Waals surface area contributed by atoms with Gasteiger partial charge in [0.2, 0.25) is 5.91 Å². The van der Waals surface area contributed by atoms with Gasteiger partial charge in [0.05, 0.1) is 17.2 Å². The van der Waals surface area contributed by atoms with Gasteiger partial charge < -0.3 is 0 Å². The molecule has 0 saturated heterocycles. The molecule has 148 valence electrons. The van der Waals surface area contributed by atoms with Crippen LogP contribution < -0.4 is 16.4 Å². The highest BCUT2D eigenvalue weighted by Gasteiger charge is 2.14. The Balaban J connectivity index is 1.34. The summed E-state index contributed by atoms with van der Waals surface area (Å²) in [5.41, 5.74) is 8.21. The molecule has 0 fully saturated rings. The molecule has 2 amide bonds. The van der Waals surface area contributed by atoms with Gasteiger partial charge in [-0.2, -0.15) is 0 Å². The van der Waals surface area contributed by atoms with Gasteiger partial charge in [0.25, 0.3) is 11.5 Å². The van der Waals surface area contributed by atoms with Crippen molar-refractivity contribution in [1.82, 2.24) is 20.4 Å². The van der Waals surface area contributed by atoms with Crippen LogP contribution in [-0.4, -0.2) is 21.4 Å². The Morgan fingerprint density at radius 3 is 2.76 bits per heavy atom. The Hall–Kier alpha value is -3.00. The summed E-state index contributed by atoms with van der Waals surface area (Å²) in [6.07, 6.45) is 4.60. The Morgan fingerprint density at radius 2 is 1.90 bits per heavy atom. The van der Waals surface area contributed by atoms with E-state index in [9.17, 15) is 14.4 Å². The number of nitrogens with one attached hydrogen (secondary N) is 2. The van der Waals surface area contributed by atoms with Gasteiger partial charge in [-0.05, 0) is 60.7 Å². The molecule has 1 aliphatic carbocycles. The van der Waals surface area contributed by atoms with E-state index >= 15 is 0 Å². The molecule has 0 unspecified atom stereocenters. The van der Waals surface area contributed by atoms with Gasteiger partial charge in [0.15, 0.2) is 0 Å². The first-order valence-electron chi connectivity index (χ1n) is 9.37. The molecule has 0 bridgehead atoms. The smallest absolute Gasteiger partial charge is 0.269 e. The summed E-state index contributed by atoms with van der Waals surface area (Å²) in [7, 11) is 0. The summed E-state index contributed by atoms with van der Waals surface area (Å²) in [5.74, 6) is -0.747. The van der Waals surface area contributed by atoms with Gasteiger partial charge in [-0.15, -0.1) is 0 Å². The van der Waals surface area contributed by atoms with E-state index in [1.165, 1.54) is 22.0 Å². The minimum absolute atomic E-state index is 0.0333. The van der Waals surface area contributed by atoms with E-state index in [2.05, 4.69) is 31.8 Å². The molecular weight excluding hydrogens is 436 g/mol. The lowest BCUT2D eigenvalue weighted by Gasteiger charge is -2.10. The van der Waals surface area contributed by atoms with Crippen molar-refractivity contribution < 1.29 is 9.59 Å². The number of nitrogens with zero attached hydrogens (tertiary/aromatic N) is 2. The number of halogens is 1. The van der Waals surface area contributed by atoms with Crippen LogP contribution in [0.5, 0.6) is 0 Å². The van der Waals surface area contributed by atoms with E-state index in [0.29, 0.717) is 16.5 Å². The number of hydrogen-bond acceptors (Lipinski definition) is 4. The summed E-state index contributed by atoms with van der Waals surface area (Å²) < 4.78 is 2.17. The van der Waals surface area contributed by atoms with Crippen molar-refractivity contribution in [3.8, 4) is 0 Å². The molecule has 1 heterocycles. The number of hydrazine groups is 1. The molecule has 0 spiro atoms. The van der Waals surface area contributed by atoms with Crippen LogP contribution in [0.1, 0.15) is 34.3 Å². The molecule has 0 aliphatic heterocycles. The van der Waals surface area contributed by atoms with Crippen LogP contribution in [0.2, 0.25) is 0 Å². The van der Waals surface area contributed by atoms with E-state index in [4.69, 9.17) is 0 Å². The topological polar surface area (TPSA) is 93.1 Å². The summed E-state index contributed by atoms with van der Waals surface area (Å²) in [6, 6.07) is 10.9. The lowest BCUT2D eigenvalue weighted by molar-refractivity contribution is -0.122. The first-order chi connectivity index (χ1) is 14.0. The number of benzene rings is 2. The van der Waals surface area contributed by atoms with Crippen molar-refractivity contribution in [3.05, 3.63) is 74.2 Å². The van der Waals surface area contributed by atoms with Crippen LogP contribution in [0, 0.1) is 0 Å². The van der Waals surface area contributed by atoms with E-state index < -0.39 is 0 Å². The number of hydrogen-bond donors (Lipinski definition) is 2. The predicted octanol–water partition coefficient (Wildman–Crippen LogP) is 2.50. The Bertz CT molecular complexity index is 1170. The third-order valence-corrected chi connectivity index (χ3v) is 5.54. The molecule has 0 radical (unpaired) electrons. The largest absolute Gasteiger partial charge is 0.298 e. The van der Waals surface area contributed by atoms with Crippen LogP contribution in [0.25, 0.3) is 10.9 Å². The standard InChI is InChI=1S/C21H19BrN4O3/c22-16-6-7-18-17(11-16)21(29)26(12-23-18)9-8-19(27)24-25-20(28)15-5-4-13-2-1-3-14(13)10-15/h4-7,10-12H,1-3,8-9H2,(H,24,27)(H,25,28). The van der Waals surface area contributed by atoms with Gasteiger partial charge in [-0.25, -0.2) is 4.98 Å². The van der Waals surface area contributed by atoms with Gasteiger partial charge >= 0.3 is 0 Å². The second-order valence-corrected chi connectivity index (χ2v) is 7.91. The molecule has 2 N–H and O–H groups in total. The third-order valence-electron chi connectivity index (χ3n) is 5.04. The zero-order valence-electron chi connectivity index (χ0n) is 15.6. The predicted molar refractivity (Wildman–Crippen MR) is 112 cm³/mol. The van der Waals surface area contributed by atoms with Crippen molar-refractivity contribution in [3.63, 3.8) is 0 Å². The fourth-order valence-electron chi connectivity index (χ4n) is 3.49. The van der Waals surface area contributed by atoms with Crippen LogP contribution in [0.4, 0.5) is 0 Å².